The van der Waals surface area contributed by atoms with Gasteiger partial charge in [0.25, 0.3) is 0 Å². The van der Waals surface area contributed by atoms with Crippen molar-refractivity contribution in [3.63, 3.8) is 0 Å². The fourth-order valence-corrected chi connectivity index (χ4v) is 3.89. The van der Waals surface area contributed by atoms with Crippen molar-refractivity contribution in [1.29, 1.82) is 5.26 Å². The number of nitrogens with zero attached hydrogens (tertiary/aromatic N) is 6. The van der Waals surface area contributed by atoms with Crippen LogP contribution < -0.4 is 5.32 Å². The number of amides is 1. The van der Waals surface area contributed by atoms with Gasteiger partial charge < -0.3 is 5.32 Å². The molecule has 1 aliphatic rings. The fraction of sp³-hybridized carbons (Fsp3) is 0.304. The van der Waals surface area contributed by atoms with Gasteiger partial charge in [0.05, 0.1) is 6.20 Å². The van der Waals surface area contributed by atoms with Crippen molar-refractivity contribution in [2.75, 3.05) is 5.32 Å². The first-order valence-corrected chi connectivity index (χ1v) is 10.6. The minimum Gasteiger partial charge on any atom is -0.326 e. The third-order valence-corrected chi connectivity index (χ3v) is 5.80. The van der Waals surface area contributed by atoms with E-state index in [0.29, 0.717) is 41.5 Å². The van der Waals surface area contributed by atoms with Gasteiger partial charge in [-0.2, -0.15) is 15.5 Å². The normalized spacial score (nSPS) is 13.3. The van der Waals surface area contributed by atoms with Gasteiger partial charge in [0.1, 0.15) is 17.5 Å². The maximum Gasteiger partial charge on any atom is 0.224 e. The molecule has 0 spiro atoms. The second-order valence-electron chi connectivity index (χ2n) is 8.11. The van der Waals surface area contributed by atoms with Crippen LogP contribution in [0.1, 0.15) is 53.5 Å². The first-order chi connectivity index (χ1) is 15.5. The summed E-state index contributed by atoms with van der Waals surface area (Å²) >= 11 is 0. The Morgan fingerprint density at radius 3 is 2.94 bits per heavy atom. The number of benzene rings is 1. The molecule has 1 fully saturated rings. The summed E-state index contributed by atoms with van der Waals surface area (Å²) in [6, 6.07) is 9.66. The number of nitriles is 1. The number of carbonyl (C=O) groups is 1. The number of nitrogens with one attached hydrogen (secondary N) is 2. The molecule has 0 radical (unpaired) electrons. The number of fused-ring (bicyclic) bond motifs is 1. The van der Waals surface area contributed by atoms with Crippen LogP contribution in [0.2, 0.25) is 0 Å². The van der Waals surface area contributed by atoms with E-state index in [1.807, 2.05) is 38.1 Å². The fourth-order valence-electron chi connectivity index (χ4n) is 3.89. The molecule has 2 N–H and O–H groups in total. The number of rotatable bonds is 6. The molecule has 1 amide bonds. The van der Waals surface area contributed by atoms with E-state index in [-0.39, 0.29) is 5.91 Å². The van der Waals surface area contributed by atoms with Crippen LogP contribution in [0, 0.1) is 25.2 Å². The number of aromatic nitrogens is 6. The van der Waals surface area contributed by atoms with Gasteiger partial charge in [-0.05, 0) is 50.8 Å². The van der Waals surface area contributed by atoms with E-state index in [1.165, 1.54) is 6.20 Å². The minimum absolute atomic E-state index is 0.0899. The summed E-state index contributed by atoms with van der Waals surface area (Å²) in [5.74, 6) is 2.00. The van der Waals surface area contributed by atoms with Crippen molar-refractivity contribution < 1.29 is 4.79 Å². The Morgan fingerprint density at radius 1 is 1.31 bits per heavy atom. The van der Waals surface area contributed by atoms with Crippen molar-refractivity contribution in [1.82, 2.24) is 29.8 Å². The lowest BCUT2D eigenvalue weighted by Gasteiger charge is -2.11. The average molecular weight is 426 g/mol. The number of carbonyl (C=O) groups excluding carboxylic acids is 1. The predicted molar refractivity (Wildman–Crippen MR) is 118 cm³/mol. The molecule has 0 unspecified atom stereocenters. The average Bonchev–Trinajstić information content (AvgIpc) is 3.36. The molecule has 9 nitrogen and oxygen atoms in total. The molecule has 5 rings (SSSR count). The van der Waals surface area contributed by atoms with Crippen LogP contribution in [-0.4, -0.2) is 35.7 Å². The highest BCUT2D eigenvalue weighted by molar-refractivity contribution is 5.91. The van der Waals surface area contributed by atoms with E-state index in [1.54, 1.807) is 4.52 Å². The molecule has 160 valence electrons. The Kier molecular flexibility index (Phi) is 4.90. The molecule has 1 saturated carbocycles. The van der Waals surface area contributed by atoms with Crippen molar-refractivity contribution >= 4 is 17.2 Å². The predicted octanol–water partition coefficient (Wildman–Crippen LogP) is 3.45. The lowest BCUT2D eigenvalue weighted by atomic mass is 10.1. The third-order valence-electron chi connectivity index (χ3n) is 5.80. The lowest BCUT2D eigenvalue weighted by Crippen LogP contribution is -2.14. The zero-order valence-corrected chi connectivity index (χ0v) is 17.9. The molecule has 3 heterocycles. The van der Waals surface area contributed by atoms with Crippen molar-refractivity contribution in [3.8, 4) is 17.5 Å². The topological polar surface area (TPSA) is 125 Å². The van der Waals surface area contributed by atoms with Gasteiger partial charge in [-0.25, -0.2) is 14.5 Å². The highest BCUT2D eigenvalue weighted by Crippen LogP contribution is 2.38. The van der Waals surface area contributed by atoms with Crippen LogP contribution in [0.25, 0.3) is 17.0 Å². The van der Waals surface area contributed by atoms with Crippen LogP contribution in [0.15, 0.2) is 30.5 Å². The Balaban J connectivity index is 1.28. The van der Waals surface area contributed by atoms with Gasteiger partial charge in [0.15, 0.2) is 11.5 Å². The quantitative estimate of drug-likeness (QED) is 0.486. The maximum atomic E-state index is 12.6. The van der Waals surface area contributed by atoms with Crippen molar-refractivity contribution in [2.45, 2.75) is 45.4 Å². The molecule has 1 aliphatic carbocycles. The molecule has 0 bridgehead atoms. The monoisotopic (exact) mass is 426 g/mol. The first kappa shape index (κ1) is 19.9. The SMILES string of the molecule is Cc1nc2c(C#N)cnn2c(C)c1CCC(=O)Nc1cccc(-c2n[nH]c(C3CC3)n2)c1. The van der Waals surface area contributed by atoms with E-state index in [2.05, 4.69) is 36.7 Å². The van der Waals surface area contributed by atoms with Gasteiger partial charge in [0, 0.05) is 35.0 Å². The van der Waals surface area contributed by atoms with Crippen molar-refractivity contribution in [2.24, 2.45) is 0 Å². The molecule has 1 aromatic carbocycles. The Bertz CT molecular complexity index is 1370. The number of hydrogen-bond acceptors (Lipinski definition) is 6. The number of hydrogen-bond donors (Lipinski definition) is 2. The standard InChI is InChI=1S/C23H22N8O/c1-13-19(14(2)31-23(26-13)17(11-24)12-25-31)8-9-20(32)27-18-5-3-4-16(10-18)22-28-21(29-30-22)15-6-7-15/h3-5,10,12,15H,6-9H2,1-2H3,(H,27,32)(H,28,29,30). The number of anilines is 1. The van der Waals surface area contributed by atoms with E-state index in [0.717, 1.165) is 41.2 Å². The molecule has 9 heteroatoms. The van der Waals surface area contributed by atoms with Gasteiger partial charge in [-0.15, -0.1) is 0 Å². The van der Waals surface area contributed by atoms with Crippen LogP contribution in [0.4, 0.5) is 5.69 Å². The second kappa shape index (κ2) is 7.89. The molecule has 0 aliphatic heterocycles. The van der Waals surface area contributed by atoms with Gasteiger partial charge in [-0.3, -0.25) is 9.89 Å². The van der Waals surface area contributed by atoms with Crippen LogP contribution >= 0.6 is 0 Å². The smallest absolute Gasteiger partial charge is 0.224 e. The Hall–Kier alpha value is -4.06. The highest BCUT2D eigenvalue weighted by Gasteiger charge is 2.27. The van der Waals surface area contributed by atoms with E-state index >= 15 is 0 Å². The summed E-state index contributed by atoms with van der Waals surface area (Å²) in [7, 11) is 0. The van der Waals surface area contributed by atoms with E-state index in [9.17, 15) is 10.1 Å². The summed E-state index contributed by atoms with van der Waals surface area (Å²) in [6.45, 7) is 3.82. The zero-order chi connectivity index (χ0) is 22.2. The summed E-state index contributed by atoms with van der Waals surface area (Å²) in [6.07, 6.45) is 4.66. The molecule has 32 heavy (non-hydrogen) atoms. The van der Waals surface area contributed by atoms with Crippen LogP contribution in [0.5, 0.6) is 0 Å². The summed E-state index contributed by atoms with van der Waals surface area (Å²) in [4.78, 5) is 21.7. The summed E-state index contributed by atoms with van der Waals surface area (Å²) < 4.78 is 1.66. The Morgan fingerprint density at radius 2 is 2.16 bits per heavy atom. The number of aryl methyl sites for hydroxylation is 2. The van der Waals surface area contributed by atoms with Gasteiger partial charge in [-0.1, -0.05) is 12.1 Å². The zero-order valence-electron chi connectivity index (χ0n) is 17.9. The molecule has 3 aromatic heterocycles. The summed E-state index contributed by atoms with van der Waals surface area (Å²) in [5, 5.41) is 23.8. The van der Waals surface area contributed by atoms with Gasteiger partial charge >= 0.3 is 0 Å². The summed E-state index contributed by atoms with van der Waals surface area (Å²) in [5.41, 5.74) is 5.21. The molecule has 4 aromatic rings. The highest BCUT2D eigenvalue weighted by atomic mass is 16.1. The van der Waals surface area contributed by atoms with E-state index in [4.69, 9.17) is 0 Å². The molecule has 0 atom stereocenters. The van der Waals surface area contributed by atoms with E-state index < -0.39 is 0 Å². The van der Waals surface area contributed by atoms with Gasteiger partial charge in [0.2, 0.25) is 5.91 Å². The number of H-pyrrole nitrogens is 1. The minimum atomic E-state index is -0.0899. The first-order valence-electron chi connectivity index (χ1n) is 10.6. The van der Waals surface area contributed by atoms with Crippen molar-refractivity contribution in [3.05, 3.63) is 58.8 Å². The van der Waals surface area contributed by atoms with Crippen LogP contribution in [0.3, 0.4) is 0 Å². The largest absolute Gasteiger partial charge is 0.326 e. The second-order valence-corrected chi connectivity index (χ2v) is 8.11. The Labute approximate surface area is 184 Å². The third kappa shape index (κ3) is 3.71. The molecule has 0 saturated heterocycles. The lowest BCUT2D eigenvalue weighted by molar-refractivity contribution is -0.116. The molecular weight excluding hydrogens is 404 g/mol. The number of aromatic amines is 1. The maximum absolute atomic E-state index is 12.6. The molecular formula is C23H22N8O. The van der Waals surface area contributed by atoms with Crippen LogP contribution in [-0.2, 0) is 11.2 Å².